The lowest BCUT2D eigenvalue weighted by atomic mass is 9.83. The van der Waals surface area contributed by atoms with Crippen molar-refractivity contribution < 1.29 is 9.53 Å². The van der Waals surface area contributed by atoms with Crippen LogP contribution in [0.15, 0.2) is 5.38 Å². The molecule has 2 rings (SSSR count). The van der Waals surface area contributed by atoms with Gasteiger partial charge in [-0.3, -0.25) is 4.79 Å². The minimum absolute atomic E-state index is 0.140. The van der Waals surface area contributed by atoms with Crippen LogP contribution >= 0.6 is 11.3 Å². The zero-order valence-corrected chi connectivity index (χ0v) is 13.9. The van der Waals surface area contributed by atoms with E-state index in [0.29, 0.717) is 25.5 Å². The highest BCUT2D eigenvalue weighted by Crippen LogP contribution is 2.30. The standard InChI is InChI=1S/C16H26N2O2S/c1-3-12-7-5-6-8-14(12)18-16-17-13(11-21-16)9-10-15(19)20-4-2/h11-12,14H,3-10H2,1-2H3,(H,17,18). The van der Waals surface area contributed by atoms with Gasteiger partial charge in [-0.25, -0.2) is 4.98 Å². The first kappa shape index (κ1) is 16.3. The van der Waals surface area contributed by atoms with Crippen molar-refractivity contribution in [2.24, 2.45) is 5.92 Å². The lowest BCUT2D eigenvalue weighted by Gasteiger charge is -2.31. The molecule has 1 aliphatic rings. The van der Waals surface area contributed by atoms with Gasteiger partial charge < -0.3 is 10.1 Å². The van der Waals surface area contributed by atoms with Crippen LogP contribution in [0.5, 0.6) is 0 Å². The van der Waals surface area contributed by atoms with Crippen molar-refractivity contribution in [2.45, 2.75) is 64.8 Å². The molecular weight excluding hydrogens is 284 g/mol. The topological polar surface area (TPSA) is 51.2 Å². The number of aromatic nitrogens is 1. The van der Waals surface area contributed by atoms with E-state index in [1.807, 2.05) is 12.3 Å². The third-order valence-corrected chi connectivity index (χ3v) is 5.01. The lowest BCUT2D eigenvalue weighted by molar-refractivity contribution is -0.143. The third-order valence-electron chi connectivity index (χ3n) is 4.18. The summed E-state index contributed by atoms with van der Waals surface area (Å²) in [6, 6.07) is 0.563. The van der Waals surface area contributed by atoms with Gasteiger partial charge in [0.1, 0.15) is 0 Å². The summed E-state index contributed by atoms with van der Waals surface area (Å²) in [7, 11) is 0. The van der Waals surface area contributed by atoms with Crippen LogP contribution in [0.25, 0.3) is 0 Å². The Morgan fingerprint density at radius 1 is 1.43 bits per heavy atom. The quantitative estimate of drug-likeness (QED) is 0.773. The van der Waals surface area contributed by atoms with Crippen LogP contribution in [0.1, 0.15) is 58.1 Å². The molecule has 2 unspecified atom stereocenters. The fraction of sp³-hybridized carbons (Fsp3) is 0.750. The first-order chi connectivity index (χ1) is 10.2. The molecular formula is C16H26N2O2S. The van der Waals surface area contributed by atoms with E-state index in [2.05, 4.69) is 17.2 Å². The number of thiazole rings is 1. The van der Waals surface area contributed by atoms with Crippen LogP contribution in [0.2, 0.25) is 0 Å². The lowest BCUT2D eigenvalue weighted by Crippen LogP contribution is -2.31. The summed E-state index contributed by atoms with van der Waals surface area (Å²) in [5.41, 5.74) is 0.986. The monoisotopic (exact) mass is 310 g/mol. The van der Waals surface area contributed by atoms with Gasteiger partial charge in [-0.15, -0.1) is 11.3 Å². The molecule has 1 aliphatic carbocycles. The minimum atomic E-state index is -0.140. The predicted molar refractivity (Wildman–Crippen MR) is 86.7 cm³/mol. The van der Waals surface area contributed by atoms with E-state index in [0.717, 1.165) is 16.7 Å². The number of nitrogens with one attached hydrogen (secondary N) is 1. The Balaban J connectivity index is 1.83. The van der Waals surface area contributed by atoms with E-state index in [4.69, 9.17) is 4.74 Å². The number of hydrogen-bond donors (Lipinski definition) is 1. The van der Waals surface area contributed by atoms with Crippen LogP contribution in [0.4, 0.5) is 5.13 Å². The maximum Gasteiger partial charge on any atom is 0.306 e. The maximum absolute atomic E-state index is 11.4. The van der Waals surface area contributed by atoms with Crippen molar-refractivity contribution in [1.82, 2.24) is 4.98 Å². The van der Waals surface area contributed by atoms with Gasteiger partial charge in [-0.05, 0) is 25.7 Å². The van der Waals surface area contributed by atoms with E-state index in [1.54, 1.807) is 11.3 Å². The van der Waals surface area contributed by atoms with Gasteiger partial charge >= 0.3 is 5.97 Å². The molecule has 1 N–H and O–H groups in total. The van der Waals surface area contributed by atoms with Gasteiger partial charge in [0.25, 0.3) is 0 Å². The Morgan fingerprint density at radius 2 is 2.24 bits per heavy atom. The van der Waals surface area contributed by atoms with Crippen LogP contribution in [-0.2, 0) is 16.0 Å². The molecule has 2 atom stereocenters. The molecule has 1 aromatic heterocycles. The highest BCUT2D eigenvalue weighted by atomic mass is 32.1. The predicted octanol–water partition coefficient (Wildman–Crippen LogP) is 4.02. The Kier molecular flexibility index (Phi) is 6.49. The fourth-order valence-electron chi connectivity index (χ4n) is 3.00. The molecule has 0 spiro atoms. The summed E-state index contributed by atoms with van der Waals surface area (Å²) in [4.78, 5) is 16.0. The highest BCUT2D eigenvalue weighted by molar-refractivity contribution is 7.13. The number of nitrogens with zero attached hydrogens (tertiary/aromatic N) is 1. The summed E-state index contributed by atoms with van der Waals surface area (Å²) in [6.07, 6.45) is 7.57. The molecule has 0 amide bonds. The average molecular weight is 310 g/mol. The fourth-order valence-corrected chi connectivity index (χ4v) is 3.80. The molecule has 118 valence electrons. The van der Waals surface area contributed by atoms with Gasteiger partial charge in [0, 0.05) is 17.8 Å². The molecule has 0 bridgehead atoms. The van der Waals surface area contributed by atoms with Crippen molar-refractivity contribution in [1.29, 1.82) is 0 Å². The third kappa shape index (κ3) is 4.99. The second-order valence-corrected chi connectivity index (χ2v) is 6.51. The molecule has 0 aromatic carbocycles. The van der Waals surface area contributed by atoms with E-state index < -0.39 is 0 Å². The molecule has 0 saturated heterocycles. The largest absolute Gasteiger partial charge is 0.466 e. The molecule has 21 heavy (non-hydrogen) atoms. The van der Waals surface area contributed by atoms with Gasteiger partial charge in [-0.2, -0.15) is 0 Å². The second kappa shape index (κ2) is 8.37. The minimum Gasteiger partial charge on any atom is -0.466 e. The van der Waals surface area contributed by atoms with Crippen molar-refractivity contribution in [3.63, 3.8) is 0 Å². The van der Waals surface area contributed by atoms with Crippen LogP contribution < -0.4 is 5.32 Å². The number of aryl methyl sites for hydroxylation is 1. The molecule has 1 heterocycles. The van der Waals surface area contributed by atoms with Gasteiger partial charge in [-0.1, -0.05) is 26.2 Å². The Labute approximate surface area is 131 Å². The number of carbonyl (C=O) groups excluding carboxylic acids is 1. The van der Waals surface area contributed by atoms with Crippen molar-refractivity contribution >= 4 is 22.4 Å². The summed E-state index contributed by atoms with van der Waals surface area (Å²) < 4.78 is 4.94. The number of anilines is 1. The molecule has 5 heteroatoms. The maximum atomic E-state index is 11.4. The zero-order chi connectivity index (χ0) is 15.1. The van der Waals surface area contributed by atoms with Crippen molar-refractivity contribution in [2.75, 3.05) is 11.9 Å². The molecule has 1 aromatic rings. The first-order valence-corrected chi connectivity index (χ1v) is 8.97. The smallest absolute Gasteiger partial charge is 0.306 e. The highest BCUT2D eigenvalue weighted by Gasteiger charge is 2.24. The van der Waals surface area contributed by atoms with Crippen LogP contribution in [0, 0.1) is 5.92 Å². The summed E-state index contributed by atoms with van der Waals surface area (Å²) in [5.74, 6) is 0.629. The molecule has 4 nitrogen and oxygen atoms in total. The summed E-state index contributed by atoms with van der Waals surface area (Å²) >= 11 is 1.65. The van der Waals surface area contributed by atoms with Crippen molar-refractivity contribution in [3.8, 4) is 0 Å². The number of rotatable bonds is 7. The summed E-state index contributed by atoms with van der Waals surface area (Å²) in [6.45, 7) is 4.55. The summed E-state index contributed by atoms with van der Waals surface area (Å²) in [5, 5.41) is 6.65. The number of ether oxygens (including phenoxy) is 1. The van der Waals surface area contributed by atoms with E-state index in [9.17, 15) is 4.79 Å². The average Bonchev–Trinajstić information content (AvgIpc) is 2.94. The van der Waals surface area contributed by atoms with Gasteiger partial charge in [0.05, 0.1) is 18.7 Å². The molecule has 0 aliphatic heterocycles. The SMILES string of the molecule is CCOC(=O)CCc1csc(NC2CCCCC2CC)n1. The zero-order valence-electron chi connectivity index (χ0n) is 13.1. The molecule has 1 fully saturated rings. The molecule has 0 radical (unpaired) electrons. The van der Waals surface area contributed by atoms with Crippen molar-refractivity contribution in [3.05, 3.63) is 11.1 Å². The van der Waals surface area contributed by atoms with E-state index >= 15 is 0 Å². The second-order valence-electron chi connectivity index (χ2n) is 5.65. The van der Waals surface area contributed by atoms with E-state index in [-0.39, 0.29) is 5.97 Å². The first-order valence-electron chi connectivity index (χ1n) is 8.09. The van der Waals surface area contributed by atoms with E-state index in [1.165, 1.54) is 32.1 Å². The number of carbonyl (C=O) groups is 1. The number of esters is 1. The molecule has 1 saturated carbocycles. The number of hydrogen-bond acceptors (Lipinski definition) is 5. The normalized spacial score (nSPS) is 22.0. The van der Waals surface area contributed by atoms with Crippen LogP contribution in [-0.4, -0.2) is 23.6 Å². The van der Waals surface area contributed by atoms with Crippen LogP contribution in [0.3, 0.4) is 0 Å². The van der Waals surface area contributed by atoms with Gasteiger partial charge in [0.2, 0.25) is 0 Å². The Morgan fingerprint density at radius 3 is 3.00 bits per heavy atom. The van der Waals surface area contributed by atoms with Gasteiger partial charge in [0.15, 0.2) is 5.13 Å². The Bertz CT molecular complexity index is 447. The Hall–Kier alpha value is -1.10.